The van der Waals surface area contributed by atoms with Crippen molar-refractivity contribution in [3.8, 4) is 0 Å². The molecule has 2 aliphatic rings. The lowest BCUT2D eigenvalue weighted by Crippen LogP contribution is -2.34. The van der Waals surface area contributed by atoms with E-state index in [0.717, 1.165) is 47.5 Å². The summed E-state index contributed by atoms with van der Waals surface area (Å²) >= 11 is 6.08. The van der Waals surface area contributed by atoms with E-state index >= 15 is 0 Å². The lowest BCUT2D eigenvalue weighted by atomic mass is 9.87. The maximum atomic E-state index is 14.0. The van der Waals surface area contributed by atoms with Gasteiger partial charge in [-0.15, -0.1) is 0 Å². The summed E-state index contributed by atoms with van der Waals surface area (Å²) in [5, 5.41) is 0.676. The van der Waals surface area contributed by atoms with E-state index in [9.17, 15) is 13.2 Å². The number of nitrogens with zero attached hydrogens (tertiary/aromatic N) is 3. The number of hydrogen-bond acceptors (Lipinski definition) is 4. The minimum atomic E-state index is -3.70. The van der Waals surface area contributed by atoms with Crippen LogP contribution < -0.4 is 9.62 Å². The first-order valence-electron chi connectivity index (χ1n) is 13.5. The molecule has 3 aromatic carbocycles. The SMILES string of the molecule is Cn1ccnc1CN(C(=O)[C@H]1C[C@@H]1c1ccc(Cl)cc1)c1ccc2c(c1)[C@H](NS(=O)(=O)c1ccccc1)CCC2. The summed E-state index contributed by atoms with van der Waals surface area (Å²) < 4.78 is 31.2. The van der Waals surface area contributed by atoms with Crippen molar-refractivity contribution in [1.29, 1.82) is 0 Å². The number of aryl methyl sites for hydroxylation is 2. The van der Waals surface area contributed by atoms with Crippen molar-refractivity contribution in [2.24, 2.45) is 13.0 Å². The van der Waals surface area contributed by atoms with Crippen molar-refractivity contribution < 1.29 is 13.2 Å². The normalized spacial score (nSPS) is 20.1. The van der Waals surface area contributed by atoms with Crippen LogP contribution in [-0.4, -0.2) is 23.9 Å². The van der Waals surface area contributed by atoms with Crippen LogP contribution in [0.5, 0.6) is 0 Å². The number of fused-ring (bicyclic) bond motifs is 1. The molecule has 0 unspecified atom stereocenters. The molecule has 206 valence electrons. The lowest BCUT2D eigenvalue weighted by Gasteiger charge is -2.29. The Labute approximate surface area is 239 Å². The number of hydrogen-bond donors (Lipinski definition) is 1. The highest BCUT2D eigenvalue weighted by Crippen LogP contribution is 2.49. The van der Waals surface area contributed by atoms with Gasteiger partial charge in [0.2, 0.25) is 15.9 Å². The maximum absolute atomic E-state index is 14.0. The molecule has 1 N–H and O–H groups in total. The molecule has 1 fully saturated rings. The highest BCUT2D eigenvalue weighted by molar-refractivity contribution is 7.89. The molecule has 4 aromatic rings. The zero-order chi connectivity index (χ0) is 27.9. The summed E-state index contributed by atoms with van der Waals surface area (Å²) in [6.07, 6.45) is 6.82. The first-order valence-corrected chi connectivity index (χ1v) is 15.4. The van der Waals surface area contributed by atoms with Crippen molar-refractivity contribution in [2.45, 2.75) is 49.1 Å². The number of rotatable bonds is 8. The molecule has 6 rings (SSSR count). The average Bonchev–Trinajstić information content (AvgIpc) is 3.66. The van der Waals surface area contributed by atoms with Crippen molar-refractivity contribution in [1.82, 2.24) is 14.3 Å². The molecule has 1 heterocycles. The summed E-state index contributed by atoms with van der Waals surface area (Å²) in [6.45, 7) is 0.325. The Bertz CT molecular complexity index is 1640. The lowest BCUT2D eigenvalue weighted by molar-refractivity contribution is -0.120. The van der Waals surface area contributed by atoms with E-state index in [-0.39, 0.29) is 28.7 Å². The summed E-state index contributed by atoms with van der Waals surface area (Å²) in [6, 6.07) is 21.8. The smallest absolute Gasteiger partial charge is 0.241 e. The number of aromatic nitrogens is 2. The largest absolute Gasteiger partial charge is 0.337 e. The molecule has 0 radical (unpaired) electrons. The zero-order valence-electron chi connectivity index (χ0n) is 22.2. The van der Waals surface area contributed by atoms with Crippen molar-refractivity contribution in [3.05, 3.63) is 113 Å². The molecular formula is C31H31ClN4O3S. The third kappa shape index (κ3) is 5.44. The monoisotopic (exact) mass is 574 g/mol. The number of benzene rings is 3. The molecule has 9 heteroatoms. The molecule has 0 bridgehead atoms. The van der Waals surface area contributed by atoms with Gasteiger partial charge < -0.3 is 9.47 Å². The van der Waals surface area contributed by atoms with Crippen LogP contribution in [0.1, 0.15) is 53.7 Å². The fourth-order valence-electron chi connectivity index (χ4n) is 5.66. The molecule has 1 aromatic heterocycles. The second kappa shape index (κ2) is 10.8. The molecule has 1 saturated carbocycles. The average molecular weight is 575 g/mol. The predicted molar refractivity (Wildman–Crippen MR) is 156 cm³/mol. The standard InChI is InChI=1S/C31H31ClN4O3S/c1-35-17-16-33-30(35)20-36(31(37)28-19-26(28)22-10-13-23(32)14-11-22)24-15-12-21-6-5-9-29(27(21)18-24)34-40(38,39)25-7-3-2-4-8-25/h2-4,7-8,10-18,26,28-29,34H,5-6,9,19-20H2,1H3/t26-,28+,29-/m1/s1. The Morgan fingerprint density at radius 3 is 2.60 bits per heavy atom. The number of amides is 1. The number of anilines is 1. The molecule has 2 aliphatic carbocycles. The molecule has 1 amide bonds. The highest BCUT2D eigenvalue weighted by Gasteiger charge is 2.46. The topological polar surface area (TPSA) is 84.3 Å². The number of imidazole rings is 1. The van der Waals surface area contributed by atoms with Crippen LogP contribution in [0.25, 0.3) is 0 Å². The maximum Gasteiger partial charge on any atom is 0.241 e. The van der Waals surface area contributed by atoms with E-state index in [1.165, 1.54) is 0 Å². The molecular weight excluding hydrogens is 544 g/mol. The van der Waals surface area contributed by atoms with Crippen LogP contribution in [0.4, 0.5) is 5.69 Å². The first kappa shape index (κ1) is 26.7. The third-order valence-corrected chi connectivity index (χ3v) is 9.74. The van der Waals surface area contributed by atoms with E-state index < -0.39 is 10.0 Å². The predicted octanol–water partition coefficient (Wildman–Crippen LogP) is 5.77. The second-order valence-electron chi connectivity index (χ2n) is 10.6. The van der Waals surface area contributed by atoms with E-state index in [0.29, 0.717) is 18.0 Å². The Hall–Kier alpha value is -3.46. The quantitative estimate of drug-likeness (QED) is 0.290. The number of carbonyl (C=O) groups is 1. The summed E-state index contributed by atoms with van der Waals surface area (Å²) in [5.41, 5.74) is 3.89. The number of nitrogens with one attached hydrogen (secondary N) is 1. The molecule has 7 nitrogen and oxygen atoms in total. The Morgan fingerprint density at radius 2 is 1.88 bits per heavy atom. The second-order valence-corrected chi connectivity index (χ2v) is 12.8. The molecule has 3 atom stereocenters. The van der Waals surface area contributed by atoms with Gasteiger partial charge in [0.05, 0.1) is 11.4 Å². The number of carbonyl (C=O) groups excluding carboxylic acids is 1. The van der Waals surface area contributed by atoms with E-state index in [2.05, 4.69) is 9.71 Å². The molecule has 0 spiro atoms. The van der Waals surface area contributed by atoms with Crippen LogP contribution in [0.15, 0.2) is 90.1 Å². The van der Waals surface area contributed by atoms with E-state index in [1.54, 1.807) is 41.4 Å². The summed E-state index contributed by atoms with van der Waals surface area (Å²) in [4.78, 5) is 20.5. The van der Waals surface area contributed by atoms with Gasteiger partial charge >= 0.3 is 0 Å². The van der Waals surface area contributed by atoms with Crippen LogP contribution in [0.3, 0.4) is 0 Å². The summed E-state index contributed by atoms with van der Waals surface area (Å²) in [7, 11) is -1.78. The van der Waals surface area contributed by atoms with E-state index in [4.69, 9.17) is 11.6 Å². The van der Waals surface area contributed by atoms with Gasteiger partial charge in [0.25, 0.3) is 0 Å². The van der Waals surface area contributed by atoms with Crippen LogP contribution in [0, 0.1) is 5.92 Å². The van der Waals surface area contributed by atoms with Gasteiger partial charge in [-0.3, -0.25) is 4.79 Å². The minimum Gasteiger partial charge on any atom is -0.337 e. The minimum absolute atomic E-state index is 0.0418. The van der Waals surface area contributed by atoms with Gasteiger partial charge in [-0.25, -0.2) is 18.1 Å². The zero-order valence-corrected chi connectivity index (χ0v) is 23.8. The van der Waals surface area contributed by atoms with Crippen molar-refractivity contribution in [2.75, 3.05) is 4.90 Å². The molecule has 40 heavy (non-hydrogen) atoms. The van der Waals surface area contributed by atoms with E-state index in [1.807, 2.05) is 60.3 Å². The van der Waals surface area contributed by atoms with Crippen molar-refractivity contribution >= 4 is 33.2 Å². The summed E-state index contributed by atoms with van der Waals surface area (Å²) in [5.74, 6) is 0.831. The Balaban J connectivity index is 1.31. The van der Waals surface area contributed by atoms with Gasteiger partial charge in [-0.2, -0.15) is 0 Å². The van der Waals surface area contributed by atoms with Gasteiger partial charge in [0, 0.05) is 42.1 Å². The Morgan fingerprint density at radius 1 is 1.10 bits per heavy atom. The van der Waals surface area contributed by atoms with Crippen LogP contribution in [-0.2, 0) is 34.8 Å². The first-order chi connectivity index (χ1) is 19.3. The molecule has 0 saturated heterocycles. The van der Waals surface area contributed by atoms with Crippen molar-refractivity contribution in [3.63, 3.8) is 0 Å². The molecule has 0 aliphatic heterocycles. The van der Waals surface area contributed by atoms with Gasteiger partial charge in [-0.1, -0.05) is 48.0 Å². The highest BCUT2D eigenvalue weighted by atomic mass is 35.5. The fourth-order valence-corrected chi connectivity index (χ4v) is 7.06. The fraction of sp³-hybridized carbons (Fsp3) is 0.290. The Kier molecular flexibility index (Phi) is 7.25. The van der Waals surface area contributed by atoms with Gasteiger partial charge in [0.1, 0.15) is 5.82 Å². The van der Waals surface area contributed by atoms with Crippen LogP contribution in [0.2, 0.25) is 5.02 Å². The third-order valence-electron chi connectivity index (χ3n) is 8.00. The number of halogens is 1. The van der Waals surface area contributed by atoms with Gasteiger partial charge in [0.15, 0.2) is 0 Å². The number of sulfonamides is 1. The van der Waals surface area contributed by atoms with Gasteiger partial charge in [-0.05, 0) is 84.7 Å². The van der Waals surface area contributed by atoms with Crippen LogP contribution >= 0.6 is 11.6 Å².